The summed E-state index contributed by atoms with van der Waals surface area (Å²) < 4.78 is 0. The highest BCUT2D eigenvalue weighted by atomic mass is 35.5. The van der Waals surface area contributed by atoms with Crippen molar-refractivity contribution in [1.82, 2.24) is 0 Å². The molecule has 0 N–H and O–H groups in total. The predicted molar refractivity (Wildman–Crippen MR) is 71.2 cm³/mol. The van der Waals surface area contributed by atoms with Gasteiger partial charge >= 0.3 is 0 Å². The van der Waals surface area contributed by atoms with Crippen molar-refractivity contribution in [3.8, 4) is 0 Å². The number of thiophene rings is 1. The third-order valence-electron chi connectivity index (χ3n) is 3.26. The fraction of sp³-hybridized carbons (Fsp3) is 0.214. The summed E-state index contributed by atoms with van der Waals surface area (Å²) in [4.78, 5) is 12.8. The predicted octanol–water partition coefficient (Wildman–Crippen LogP) is 4.31. The molecular weight excluding hydrogens is 252 g/mol. The zero-order valence-electron chi connectivity index (χ0n) is 9.15. The van der Waals surface area contributed by atoms with E-state index in [2.05, 4.69) is 12.1 Å². The first-order valence-corrected chi connectivity index (χ1v) is 6.85. The summed E-state index contributed by atoms with van der Waals surface area (Å²) in [7, 11) is 0. The van der Waals surface area contributed by atoms with E-state index in [0.29, 0.717) is 22.2 Å². The number of carbonyl (C=O) groups excluding carboxylic acids is 1. The van der Waals surface area contributed by atoms with Gasteiger partial charge in [0.25, 0.3) is 0 Å². The topological polar surface area (TPSA) is 17.1 Å². The van der Waals surface area contributed by atoms with Gasteiger partial charge in [-0.2, -0.15) is 0 Å². The molecule has 3 heteroatoms. The molecule has 0 radical (unpaired) electrons. The van der Waals surface area contributed by atoms with Crippen LogP contribution >= 0.6 is 22.9 Å². The summed E-state index contributed by atoms with van der Waals surface area (Å²) >= 11 is 7.40. The molecule has 1 atom stereocenters. The summed E-state index contributed by atoms with van der Waals surface area (Å²) in [5.74, 6) is 0.557. The summed E-state index contributed by atoms with van der Waals surface area (Å²) in [6.45, 7) is 0. The molecule has 17 heavy (non-hydrogen) atoms. The third kappa shape index (κ3) is 1.92. The molecule has 1 unspecified atom stereocenters. The molecule has 0 amide bonds. The molecule has 0 aliphatic heterocycles. The molecule has 2 aromatic rings. The normalized spacial score (nSPS) is 17.4. The van der Waals surface area contributed by atoms with E-state index >= 15 is 0 Å². The van der Waals surface area contributed by atoms with Gasteiger partial charge in [0.2, 0.25) is 0 Å². The number of ketones is 1. The molecule has 1 heterocycles. The molecule has 0 saturated heterocycles. The van der Waals surface area contributed by atoms with Crippen molar-refractivity contribution in [2.75, 3.05) is 0 Å². The minimum atomic E-state index is 0.171. The Morgan fingerprint density at radius 3 is 2.88 bits per heavy atom. The largest absolute Gasteiger partial charge is 0.293 e. The molecule has 0 spiro atoms. The molecule has 1 aliphatic rings. The minimum Gasteiger partial charge on any atom is -0.293 e. The van der Waals surface area contributed by atoms with E-state index < -0.39 is 0 Å². The lowest BCUT2D eigenvalue weighted by Gasteiger charge is -2.29. The Balaban J connectivity index is 1.75. The van der Waals surface area contributed by atoms with Crippen molar-refractivity contribution < 1.29 is 4.79 Å². The first-order chi connectivity index (χ1) is 8.25. The van der Waals surface area contributed by atoms with Gasteiger partial charge in [0, 0.05) is 6.42 Å². The zero-order chi connectivity index (χ0) is 11.8. The molecule has 1 aliphatic carbocycles. The van der Waals surface area contributed by atoms with Crippen LogP contribution in [0.1, 0.15) is 33.1 Å². The maximum Gasteiger partial charge on any atom is 0.174 e. The van der Waals surface area contributed by atoms with Crippen molar-refractivity contribution in [3.63, 3.8) is 0 Å². The highest BCUT2D eigenvalue weighted by molar-refractivity contribution is 7.12. The molecular formula is C14H11ClOS. The van der Waals surface area contributed by atoms with E-state index in [9.17, 15) is 4.79 Å². The lowest BCUT2D eigenvalue weighted by molar-refractivity contribution is 0.0974. The van der Waals surface area contributed by atoms with Crippen LogP contribution in [0.2, 0.25) is 5.02 Å². The van der Waals surface area contributed by atoms with Crippen LogP contribution < -0.4 is 0 Å². The maximum atomic E-state index is 12.1. The average molecular weight is 263 g/mol. The number of carbonyl (C=O) groups is 1. The van der Waals surface area contributed by atoms with Gasteiger partial charge in [0.15, 0.2) is 5.78 Å². The van der Waals surface area contributed by atoms with Crippen LogP contribution in [-0.2, 0) is 6.42 Å². The fourth-order valence-corrected chi connectivity index (χ4v) is 3.47. The second-order valence-electron chi connectivity index (χ2n) is 4.32. The number of rotatable bonds is 3. The van der Waals surface area contributed by atoms with Gasteiger partial charge in [-0.3, -0.25) is 4.79 Å². The Morgan fingerprint density at radius 1 is 1.35 bits per heavy atom. The average Bonchev–Trinajstić information content (AvgIpc) is 2.72. The van der Waals surface area contributed by atoms with Gasteiger partial charge in [0.1, 0.15) is 0 Å². The van der Waals surface area contributed by atoms with Crippen LogP contribution in [0.25, 0.3) is 0 Å². The van der Waals surface area contributed by atoms with Crippen molar-refractivity contribution in [1.29, 1.82) is 0 Å². The number of halogens is 1. The highest BCUT2D eigenvalue weighted by Crippen LogP contribution is 2.38. The summed E-state index contributed by atoms with van der Waals surface area (Å²) in [6, 6.07) is 10.1. The number of fused-ring (bicyclic) bond motifs is 1. The van der Waals surface area contributed by atoms with Crippen molar-refractivity contribution >= 4 is 28.7 Å². The first-order valence-electron chi connectivity index (χ1n) is 5.59. The van der Waals surface area contributed by atoms with Crippen LogP contribution in [0.3, 0.4) is 0 Å². The van der Waals surface area contributed by atoms with Gasteiger partial charge in [-0.25, -0.2) is 0 Å². The summed E-state index contributed by atoms with van der Waals surface area (Å²) in [5.41, 5.74) is 2.70. The Bertz CT molecular complexity index is 573. The van der Waals surface area contributed by atoms with Crippen LogP contribution in [-0.4, -0.2) is 5.78 Å². The van der Waals surface area contributed by atoms with Gasteiger partial charge < -0.3 is 0 Å². The summed E-state index contributed by atoms with van der Waals surface area (Å²) in [6.07, 6.45) is 1.60. The summed E-state index contributed by atoms with van der Waals surface area (Å²) in [5, 5.41) is 2.46. The van der Waals surface area contributed by atoms with E-state index in [-0.39, 0.29) is 5.78 Å². The monoisotopic (exact) mass is 262 g/mol. The van der Waals surface area contributed by atoms with E-state index in [4.69, 9.17) is 11.6 Å². The zero-order valence-corrected chi connectivity index (χ0v) is 10.7. The van der Waals surface area contributed by atoms with Gasteiger partial charge in [-0.1, -0.05) is 35.9 Å². The van der Waals surface area contributed by atoms with Crippen LogP contribution in [0.4, 0.5) is 0 Å². The number of benzene rings is 1. The van der Waals surface area contributed by atoms with Crippen molar-refractivity contribution in [2.45, 2.75) is 18.8 Å². The van der Waals surface area contributed by atoms with Gasteiger partial charge in [-0.05, 0) is 34.9 Å². The van der Waals surface area contributed by atoms with Crippen molar-refractivity contribution in [2.24, 2.45) is 0 Å². The second kappa shape index (κ2) is 4.28. The molecule has 1 aromatic heterocycles. The van der Waals surface area contributed by atoms with E-state index in [1.54, 1.807) is 6.07 Å². The first kappa shape index (κ1) is 11.0. The fourth-order valence-electron chi connectivity index (χ4n) is 2.35. The number of hydrogen-bond acceptors (Lipinski definition) is 2. The Kier molecular flexibility index (Phi) is 2.77. The molecule has 0 saturated carbocycles. The molecule has 1 nitrogen and oxygen atoms in total. The molecule has 3 rings (SSSR count). The lowest BCUT2D eigenvalue weighted by Crippen LogP contribution is -2.19. The van der Waals surface area contributed by atoms with Crippen LogP contribution in [0.5, 0.6) is 0 Å². The Morgan fingerprint density at radius 2 is 2.18 bits per heavy atom. The standard InChI is InChI=1S/C14H11ClOS/c15-12-5-6-17-14(12)13(16)8-10-7-9-3-1-2-4-11(9)10/h1-6,10H,7-8H2. The Hall–Kier alpha value is -1.12. The van der Waals surface area contributed by atoms with E-state index in [1.807, 2.05) is 17.5 Å². The third-order valence-corrected chi connectivity index (χ3v) is 4.65. The number of hydrogen-bond donors (Lipinski definition) is 0. The van der Waals surface area contributed by atoms with Crippen molar-refractivity contribution in [3.05, 3.63) is 56.7 Å². The molecule has 0 bridgehead atoms. The van der Waals surface area contributed by atoms with Crippen LogP contribution in [0.15, 0.2) is 35.7 Å². The number of Topliss-reactive ketones (excluding diaryl/α,β-unsaturated/α-hetero) is 1. The smallest absolute Gasteiger partial charge is 0.174 e. The maximum absolute atomic E-state index is 12.1. The van der Waals surface area contributed by atoms with E-state index in [0.717, 1.165) is 6.42 Å². The van der Waals surface area contributed by atoms with Gasteiger partial charge in [-0.15, -0.1) is 11.3 Å². The second-order valence-corrected chi connectivity index (χ2v) is 5.65. The quantitative estimate of drug-likeness (QED) is 0.753. The SMILES string of the molecule is O=C(CC1Cc2ccccc21)c1sccc1Cl. The van der Waals surface area contributed by atoms with Crippen LogP contribution in [0, 0.1) is 0 Å². The van der Waals surface area contributed by atoms with E-state index in [1.165, 1.54) is 22.5 Å². The minimum absolute atomic E-state index is 0.171. The Labute approximate surface area is 109 Å². The lowest BCUT2D eigenvalue weighted by atomic mass is 9.75. The van der Waals surface area contributed by atoms with Gasteiger partial charge in [0.05, 0.1) is 9.90 Å². The molecule has 86 valence electrons. The highest BCUT2D eigenvalue weighted by Gasteiger charge is 2.28. The molecule has 1 aromatic carbocycles. The molecule has 0 fully saturated rings.